The van der Waals surface area contributed by atoms with Gasteiger partial charge in [-0.3, -0.25) is 19.5 Å². The summed E-state index contributed by atoms with van der Waals surface area (Å²) in [6, 6.07) is 17.1. The number of aromatic nitrogens is 1. The molecule has 3 aromatic rings. The van der Waals surface area contributed by atoms with Gasteiger partial charge in [0.25, 0.3) is 5.91 Å². The van der Waals surface area contributed by atoms with Gasteiger partial charge in [0.15, 0.2) is 0 Å². The van der Waals surface area contributed by atoms with E-state index in [0.29, 0.717) is 5.56 Å². The minimum atomic E-state index is -1.38. The highest BCUT2D eigenvalue weighted by Crippen LogP contribution is 2.29. The third-order valence-electron chi connectivity index (χ3n) is 5.48. The third kappa shape index (κ3) is 4.07. The van der Waals surface area contributed by atoms with Crippen molar-refractivity contribution in [2.45, 2.75) is 18.5 Å². The Labute approximate surface area is 184 Å². The molecule has 0 saturated carbocycles. The maximum atomic E-state index is 13.3. The number of nitrogens with one attached hydrogen (secondary N) is 2. The number of hydrogen-bond donors (Lipinski definition) is 2. The Morgan fingerprint density at radius 2 is 1.66 bits per heavy atom. The number of urea groups is 1. The number of benzene rings is 2. The van der Waals surface area contributed by atoms with E-state index >= 15 is 0 Å². The zero-order valence-electron chi connectivity index (χ0n) is 17.3. The molecule has 2 aromatic carbocycles. The summed E-state index contributed by atoms with van der Waals surface area (Å²) in [4.78, 5) is 43.3. The largest absolute Gasteiger partial charge is 0.344 e. The molecule has 2 unspecified atom stereocenters. The van der Waals surface area contributed by atoms with Gasteiger partial charge in [-0.05, 0) is 47.9 Å². The lowest BCUT2D eigenvalue weighted by Crippen LogP contribution is -2.44. The number of imide groups is 1. The van der Waals surface area contributed by atoms with Crippen molar-refractivity contribution in [2.75, 3.05) is 6.54 Å². The summed E-state index contributed by atoms with van der Waals surface area (Å²) in [5.74, 6) is -1.53. The topological polar surface area (TPSA) is 91.4 Å². The van der Waals surface area contributed by atoms with Crippen LogP contribution < -0.4 is 10.6 Å². The molecule has 8 heteroatoms. The van der Waals surface area contributed by atoms with Crippen LogP contribution in [-0.2, 0) is 15.1 Å². The Kier molecular flexibility index (Phi) is 5.68. The number of hydrogen-bond acceptors (Lipinski definition) is 4. The van der Waals surface area contributed by atoms with Gasteiger partial charge < -0.3 is 10.6 Å². The average molecular weight is 432 g/mol. The number of pyridine rings is 1. The molecule has 0 bridgehead atoms. The lowest BCUT2D eigenvalue weighted by molar-refractivity contribution is -0.135. The zero-order valence-corrected chi connectivity index (χ0v) is 17.3. The maximum absolute atomic E-state index is 13.3. The highest BCUT2D eigenvalue weighted by molar-refractivity contribution is 6.09. The summed E-state index contributed by atoms with van der Waals surface area (Å²) in [6.45, 7) is 1.08. The van der Waals surface area contributed by atoms with Gasteiger partial charge >= 0.3 is 6.03 Å². The van der Waals surface area contributed by atoms with E-state index in [1.807, 2.05) is 30.3 Å². The number of carbonyl (C=O) groups is 3. The van der Waals surface area contributed by atoms with E-state index < -0.39 is 41.8 Å². The molecule has 1 saturated heterocycles. The standard InChI is InChI=1S/C24H21FN4O3/c1-24(18-7-9-19(25)10-8-18)22(31)29(23(32)28-24)15-20(30)27-21(16-5-3-2-4-6-16)17-11-13-26-14-12-17/h2-14,21H,15H2,1H3,(H,27,30)(H,28,32). The molecule has 2 heterocycles. The summed E-state index contributed by atoms with van der Waals surface area (Å²) in [5, 5.41) is 5.52. The Bertz CT molecular complexity index is 1100. The SMILES string of the molecule is CC1(c2ccc(F)cc2)NC(=O)N(CC(=O)NC(c2ccccc2)c2ccncc2)C1=O. The lowest BCUT2D eigenvalue weighted by atomic mass is 9.92. The predicted octanol–water partition coefficient (Wildman–Crippen LogP) is 2.89. The predicted molar refractivity (Wildman–Crippen MR) is 115 cm³/mol. The molecular formula is C24H21FN4O3. The molecule has 32 heavy (non-hydrogen) atoms. The van der Waals surface area contributed by atoms with E-state index in [4.69, 9.17) is 0 Å². The van der Waals surface area contributed by atoms with E-state index in [1.54, 1.807) is 24.5 Å². The van der Waals surface area contributed by atoms with Gasteiger partial charge in [0.1, 0.15) is 17.9 Å². The van der Waals surface area contributed by atoms with Crippen LogP contribution in [0.4, 0.5) is 9.18 Å². The fraction of sp³-hybridized carbons (Fsp3) is 0.167. The minimum absolute atomic E-state index is 0.430. The van der Waals surface area contributed by atoms with Crippen molar-refractivity contribution >= 4 is 17.8 Å². The Hall–Kier alpha value is -4.07. The highest BCUT2D eigenvalue weighted by Gasteiger charge is 2.49. The van der Waals surface area contributed by atoms with Crippen molar-refractivity contribution in [3.05, 3.63) is 102 Å². The van der Waals surface area contributed by atoms with Gasteiger partial charge in [0, 0.05) is 12.4 Å². The van der Waals surface area contributed by atoms with Crippen LogP contribution in [-0.4, -0.2) is 34.3 Å². The van der Waals surface area contributed by atoms with E-state index in [0.717, 1.165) is 16.0 Å². The second kappa shape index (κ2) is 8.58. The van der Waals surface area contributed by atoms with Gasteiger partial charge in [-0.2, -0.15) is 0 Å². The van der Waals surface area contributed by atoms with Crippen molar-refractivity contribution in [3.8, 4) is 0 Å². The second-order valence-electron chi connectivity index (χ2n) is 7.65. The van der Waals surface area contributed by atoms with E-state index in [-0.39, 0.29) is 0 Å². The molecular weight excluding hydrogens is 411 g/mol. The maximum Gasteiger partial charge on any atom is 0.325 e. The summed E-state index contributed by atoms with van der Waals surface area (Å²) in [5.41, 5.74) is 0.710. The molecule has 1 fully saturated rings. The summed E-state index contributed by atoms with van der Waals surface area (Å²) >= 11 is 0. The number of amides is 4. The fourth-order valence-electron chi connectivity index (χ4n) is 3.73. The molecule has 0 radical (unpaired) electrons. The normalized spacial score (nSPS) is 18.9. The monoisotopic (exact) mass is 432 g/mol. The van der Waals surface area contributed by atoms with Crippen LogP contribution in [0.1, 0.15) is 29.7 Å². The number of carbonyl (C=O) groups excluding carboxylic acids is 3. The first-order valence-corrected chi connectivity index (χ1v) is 10.0. The van der Waals surface area contributed by atoms with Crippen LogP contribution in [0.15, 0.2) is 79.1 Å². The second-order valence-corrected chi connectivity index (χ2v) is 7.65. The Morgan fingerprint density at radius 3 is 2.31 bits per heavy atom. The molecule has 4 amide bonds. The van der Waals surface area contributed by atoms with Crippen molar-refractivity contribution in [1.29, 1.82) is 0 Å². The van der Waals surface area contributed by atoms with Crippen LogP contribution in [0.25, 0.3) is 0 Å². The molecule has 7 nitrogen and oxygen atoms in total. The Balaban J connectivity index is 1.53. The van der Waals surface area contributed by atoms with Crippen molar-refractivity contribution in [1.82, 2.24) is 20.5 Å². The Morgan fingerprint density at radius 1 is 1.03 bits per heavy atom. The first kappa shape index (κ1) is 21.2. The highest BCUT2D eigenvalue weighted by atomic mass is 19.1. The molecule has 1 aromatic heterocycles. The van der Waals surface area contributed by atoms with Crippen LogP contribution in [0.2, 0.25) is 0 Å². The third-order valence-corrected chi connectivity index (χ3v) is 5.48. The van der Waals surface area contributed by atoms with Gasteiger partial charge in [-0.1, -0.05) is 42.5 Å². The van der Waals surface area contributed by atoms with E-state index in [9.17, 15) is 18.8 Å². The number of nitrogens with zero attached hydrogens (tertiary/aromatic N) is 2. The van der Waals surface area contributed by atoms with Gasteiger partial charge in [0.05, 0.1) is 6.04 Å². The van der Waals surface area contributed by atoms with Gasteiger partial charge in [-0.15, -0.1) is 0 Å². The lowest BCUT2D eigenvalue weighted by Gasteiger charge is -2.23. The quantitative estimate of drug-likeness (QED) is 0.586. The molecule has 2 N–H and O–H groups in total. The molecule has 0 spiro atoms. The summed E-state index contributed by atoms with van der Waals surface area (Å²) in [6.07, 6.45) is 3.26. The molecule has 1 aliphatic heterocycles. The molecule has 2 atom stereocenters. The van der Waals surface area contributed by atoms with Crippen LogP contribution in [0.3, 0.4) is 0 Å². The van der Waals surface area contributed by atoms with Crippen molar-refractivity contribution in [2.24, 2.45) is 0 Å². The van der Waals surface area contributed by atoms with Crippen LogP contribution >= 0.6 is 0 Å². The van der Waals surface area contributed by atoms with E-state index in [2.05, 4.69) is 15.6 Å². The minimum Gasteiger partial charge on any atom is -0.344 e. The first-order chi connectivity index (χ1) is 15.4. The number of rotatable bonds is 6. The van der Waals surface area contributed by atoms with Crippen LogP contribution in [0, 0.1) is 5.82 Å². The van der Waals surface area contributed by atoms with Crippen LogP contribution in [0.5, 0.6) is 0 Å². The van der Waals surface area contributed by atoms with Gasteiger partial charge in [-0.25, -0.2) is 9.18 Å². The smallest absolute Gasteiger partial charge is 0.325 e. The fourth-order valence-corrected chi connectivity index (χ4v) is 3.73. The van der Waals surface area contributed by atoms with Gasteiger partial charge in [0.2, 0.25) is 5.91 Å². The van der Waals surface area contributed by atoms with E-state index in [1.165, 1.54) is 31.2 Å². The molecule has 0 aliphatic carbocycles. The number of halogens is 1. The first-order valence-electron chi connectivity index (χ1n) is 10.0. The summed E-state index contributed by atoms with van der Waals surface area (Å²) in [7, 11) is 0. The van der Waals surface area contributed by atoms with Crippen molar-refractivity contribution in [3.63, 3.8) is 0 Å². The molecule has 1 aliphatic rings. The van der Waals surface area contributed by atoms with Crippen molar-refractivity contribution < 1.29 is 18.8 Å². The summed E-state index contributed by atoms with van der Waals surface area (Å²) < 4.78 is 13.3. The zero-order chi connectivity index (χ0) is 22.7. The molecule has 162 valence electrons. The average Bonchev–Trinajstić information content (AvgIpc) is 3.03. The molecule has 4 rings (SSSR count).